The van der Waals surface area contributed by atoms with Gasteiger partial charge in [0.15, 0.2) is 0 Å². The molecular weight excluding hydrogens is 236 g/mol. The van der Waals surface area contributed by atoms with E-state index in [-0.39, 0.29) is 17.8 Å². The number of carbonyl (C=O) groups is 1. The van der Waals surface area contributed by atoms with E-state index < -0.39 is 0 Å². The average Bonchev–Trinajstić information content (AvgIpc) is 2.30. The second-order valence-corrected chi connectivity index (χ2v) is 5.25. The normalized spacial score (nSPS) is 12.2. The molecule has 1 aromatic carbocycles. The molecule has 0 aliphatic heterocycles. The summed E-state index contributed by atoms with van der Waals surface area (Å²) < 4.78 is 4.90. The van der Waals surface area contributed by atoms with Crippen molar-refractivity contribution in [2.45, 2.75) is 37.0 Å². The predicted octanol–water partition coefficient (Wildman–Crippen LogP) is 2.61. The summed E-state index contributed by atoms with van der Waals surface area (Å²) in [5, 5.41) is 9.11. The van der Waals surface area contributed by atoms with Gasteiger partial charge in [-0.1, -0.05) is 19.1 Å². The zero-order chi connectivity index (χ0) is 12.7. The maximum atomic E-state index is 11.3. The molecule has 0 aliphatic rings. The van der Waals surface area contributed by atoms with Crippen LogP contribution in [0.4, 0.5) is 0 Å². The lowest BCUT2D eigenvalue weighted by molar-refractivity contribution is -0.142. The van der Waals surface area contributed by atoms with E-state index in [1.54, 1.807) is 11.8 Å². The zero-order valence-corrected chi connectivity index (χ0v) is 11.0. The highest BCUT2D eigenvalue weighted by Gasteiger charge is 2.11. The topological polar surface area (TPSA) is 46.5 Å². The van der Waals surface area contributed by atoms with Gasteiger partial charge in [0.1, 0.15) is 0 Å². The first-order valence-electron chi connectivity index (χ1n) is 5.67. The van der Waals surface area contributed by atoms with Gasteiger partial charge in [-0.05, 0) is 24.6 Å². The van der Waals surface area contributed by atoms with Crippen LogP contribution in [0.25, 0.3) is 0 Å². The number of hydrogen-bond acceptors (Lipinski definition) is 4. The van der Waals surface area contributed by atoms with Crippen LogP contribution in [0.1, 0.15) is 25.8 Å². The van der Waals surface area contributed by atoms with Crippen molar-refractivity contribution in [3.63, 3.8) is 0 Å². The molecule has 0 radical (unpaired) electrons. The Morgan fingerprint density at radius 2 is 2.06 bits per heavy atom. The minimum atomic E-state index is -0.153. The molecule has 0 fully saturated rings. The van der Waals surface area contributed by atoms with Gasteiger partial charge >= 0.3 is 5.97 Å². The average molecular weight is 254 g/mol. The Morgan fingerprint density at radius 1 is 1.41 bits per heavy atom. The van der Waals surface area contributed by atoms with Crippen molar-refractivity contribution in [3.05, 3.63) is 29.8 Å². The van der Waals surface area contributed by atoms with Gasteiger partial charge in [-0.3, -0.25) is 4.79 Å². The van der Waals surface area contributed by atoms with Crippen molar-refractivity contribution in [3.8, 4) is 0 Å². The molecular formula is C13H18O3S. The Kier molecular flexibility index (Phi) is 6.08. The van der Waals surface area contributed by atoms with Crippen LogP contribution in [-0.2, 0) is 16.1 Å². The van der Waals surface area contributed by atoms with Crippen molar-refractivity contribution >= 4 is 17.7 Å². The maximum absolute atomic E-state index is 11.3. The van der Waals surface area contributed by atoms with Crippen LogP contribution < -0.4 is 0 Å². The monoisotopic (exact) mass is 254 g/mol. The third-order valence-corrected chi connectivity index (χ3v) is 3.32. The summed E-state index contributed by atoms with van der Waals surface area (Å²) in [6, 6.07) is 7.69. The van der Waals surface area contributed by atoms with Crippen LogP contribution in [0.2, 0.25) is 0 Å². The SMILES string of the molecule is CCOC(=O)CC(C)Sc1ccc(CO)cc1. The number of carbonyl (C=O) groups excluding carboxylic acids is 1. The van der Waals surface area contributed by atoms with Gasteiger partial charge in [-0.2, -0.15) is 0 Å². The standard InChI is InChI=1S/C13H18O3S/c1-3-16-13(15)8-10(2)17-12-6-4-11(9-14)5-7-12/h4-7,10,14H,3,8-9H2,1-2H3. The second kappa shape index (κ2) is 7.35. The quantitative estimate of drug-likeness (QED) is 0.626. The summed E-state index contributed by atoms with van der Waals surface area (Å²) in [4.78, 5) is 12.4. The minimum absolute atomic E-state index is 0.0589. The van der Waals surface area contributed by atoms with Gasteiger partial charge in [-0.25, -0.2) is 0 Å². The first kappa shape index (κ1) is 14.1. The first-order chi connectivity index (χ1) is 8.15. The molecule has 1 N–H and O–H groups in total. The lowest BCUT2D eigenvalue weighted by Gasteiger charge is -2.10. The summed E-state index contributed by atoms with van der Waals surface area (Å²) in [6.07, 6.45) is 0.417. The van der Waals surface area contributed by atoms with Crippen LogP contribution in [-0.4, -0.2) is 22.9 Å². The Bertz CT molecular complexity index is 348. The molecule has 0 amide bonds. The predicted molar refractivity (Wildman–Crippen MR) is 68.9 cm³/mol. The van der Waals surface area contributed by atoms with Crippen molar-refractivity contribution in [2.75, 3.05) is 6.61 Å². The molecule has 1 aromatic rings. The van der Waals surface area contributed by atoms with Gasteiger partial charge in [0.2, 0.25) is 0 Å². The summed E-state index contributed by atoms with van der Waals surface area (Å²) >= 11 is 1.63. The molecule has 0 aromatic heterocycles. The number of esters is 1. The highest BCUT2D eigenvalue weighted by molar-refractivity contribution is 8.00. The van der Waals surface area contributed by atoms with E-state index in [0.717, 1.165) is 10.5 Å². The Hall–Kier alpha value is -1.00. The molecule has 0 saturated carbocycles. The van der Waals surface area contributed by atoms with E-state index in [1.165, 1.54) is 0 Å². The molecule has 0 saturated heterocycles. The molecule has 0 heterocycles. The minimum Gasteiger partial charge on any atom is -0.466 e. The fourth-order valence-corrected chi connectivity index (χ4v) is 2.38. The van der Waals surface area contributed by atoms with Crippen LogP contribution in [0.3, 0.4) is 0 Å². The van der Waals surface area contributed by atoms with E-state index in [2.05, 4.69) is 0 Å². The first-order valence-corrected chi connectivity index (χ1v) is 6.55. The number of aliphatic hydroxyl groups is 1. The molecule has 0 aliphatic carbocycles. The Morgan fingerprint density at radius 3 is 2.59 bits per heavy atom. The van der Waals surface area contributed by atoms with E-state index in [9.17, 15) is 4.79 Å². The molecule has 17 heavy (non-hydrogen) atoms. The fourth-order valence-electron chi connectivity index (χ4n) is 1.40. The van der Waals surface area contributed by atoms with Crippen molar-refractivity contribution in [1.82, 2.24) is 0 Å². The molecule has 0 bridgehead atoms. The number of aliphatic hydroxyl groups excluding tert-OH is 1. The van der Waals surface area contributed by atoms with Gasteiger partial charge < -0.3 is 9.84 Å². The third kappa shape index (κ3) is 5.24. The zero-order valence-electron chi connectivity index (χ0n) is 10.2. The Labute approximate surface area is 106 Å². The summed E-state index contributed by atoms with van der Waals surface area (Å²) in [7, 11) is 0. The summed E-state index contributed by atoms with van der Waals surface area (Å²) in [6.45, 7) is 4.30. The smallest absolute Gasteiger partial charge is 0.306 e. The summed E-state index contributed by atoms with van der Waals surface area (Å²) in [5.41, 5.74) is 0.896. The van der Waals surface area contributed by atoms with Gasteiger partial charge in [0.05, 0.1) is 19.6 Å². The van der Waals surface area contributed by atoms with Crippen LogP contribution >= 0.6 is 11.8 Å². The lowest BCUT2D eigenvalue weighted by atomic mass is 10.2. The molecule has 1 unspecified atom stereocenters. The second-order valence-electron chi connectivity index (χ2n) is 3.74. The van der Waals surface area contributed by atoms with Crippen molar-refractivity contribution < 1.29 is 14.6 Å². The molecule has 0 spiro atoms. The van der Waals surface area contributed by atoms with Gasteiger partial charge in [0.25, 0.3) is 0 Å². The highest BCUT2D eigenvalue weighted by atomic mass is 32.2. The van der Waals surface area contributed by atoms with Crippen LogP contribution in [0, 0.1) is 0 Å². The molecule has 3 nitrogen and oxygen atoms in total. The number of thioether (sulfide) groups is 1. The van der Waals surface area contributed by atoms with Crippen molar-refractivity contribution in [2.24, 2.45) is 0 Å². The number of rotatable bonds is 6. The Balaban J connectivity index is 2.44. The molecule has 94 valence electrons. The number of benzene rings is 1. The molecule has 1 rings (SSSR count). The van der Waals surface area contributed by atoms with Gasteiger partial charge in [-0.15, -0.1) is 11.8 Å². The largest absolute Gasteiger partial charge is 0.466 e. The number of hydrogen-bond donors (Lipinski definition) is 1. The van der Waals surface area contributed by atoms with Crippen molar-refractivity contribution in [1.29, 1.82) is 0 Å². The number of ether oxygens (including phenoxy) is 1. The molecule has 4 heteroatoms. The molecule has 1 atom stereocenters. The summed E-state index contributed by atoms with van der Waals surface area (Å²) in [5.74, 6) is -0.153. The van der Waals surface area contributed by atoms with E-state index >= 15 is 0 Å². The fraction of sp³-hybridized carbons (Fsp3) is 0.462. The third-order valence-electron chi connectivity index (χ3n) is 2.20. The van der Waals surface area contributed by atoms with Crippen LogP contribution in [0.15, 0.2) is 29.2 Å². The van der Waals surface area contributed by atoms with Gasteiger partial charge in [0, 0.05) is 10.1 Å². The van der Waals surface area contributed by atoms with Crippen LogP contribution in [0.5, 0.6) is 0 Å². The van der Waals surface area contributed by atoms with E-state index in [0.29, 0.717) is 13.0 Å². The lowest BCUT2D eigenvalue weighted by Crippen LogP contribution is -2.10. The highest BCUT2D eigenvalue weighted by Crippen LogP contribution is 2.25. The van der Waals surface area contributed by atoms with E-state index in [4.69, 9.17) is 9.84 Å². The maximum Gasteiger partial charge on any atom is 0.306 e. The van der Waals surface area contributed by atoms with E-state index in [1.807, 2.05) is 38.1 Å².